The second kappa shape index (κ2) is 10.8. The third kappa shape index (κ3) is 6.09. The van der Waals surface area contributed by atoms with Crippen LogP contribution in [0.25, 0.3) is 0 Å². The zero-order valence-electron chi connectivity index (χ0n) is 19.8. The molecule has 0 spiro atoms. The normalized spacial score (nSPS) is 22.5. The minimum absolute atomic E-state index is 0.0996. The molecule has 2 amide bonds. The number of carbonyl (C=O) groups excluding carboxylic acids is 2. The van der Waals surface area contributed by atoms with Crippen LogP contribution >= 0.6 is 0 Å². The van der Waals surface area contributed by atoms with E-state index in [1.54, 1.807) is 37.3 Å². The van der Waals surface area contributed by atoms with Crippen LogP contribution in [0.15, 0.2) is 42.5 Å². The van der Waals surface area contributed by atoms with Crippen molar-refractivity contribution in [2.45, 2.75) is 26.0 Å². The standard InChI is InChI=1S/C25H32FN3O4/c1-16-13-28(3)17(2)15-33-22-12-20(27-24(30)18-6-8-19(26)9-7-18)10-11-21(22)25(31)29(4)14-23(16)32-5/h6-12,16-17,23H,13-15H2,1-5H3,(H,27,30)/t16-,17+,23-/m1/s1. The van der Waals surface area contributed by atoms with E-state index >= 15 is 0 Å². The van der Waals surface area contributed by atoms with Crippen LogP contribution in [0, 0.1) is 11.7 Å². The number of nitrogens with zero attached hydrogens (tertiary/aromatic N) is 2. The molecular formula is C25H32FN3O4. The van der Waals surface area contributed by atoms with Crippen molar-refractivity contribution in [3.8, 4) is 5.75 Å². The molecule has 2 aromatic carbocycles. The molecule has 2 aromatic rings. The number of methoxy groups -OCH3 is 1. The number of rotatable bonds is 3. The van der Waals surface area contributed by atoms with Gasteiger partial charge in [0.15, 0.2) is 0 Å². The van der Waals surface area contributed by atoms with E-state index in [0.717, 1.165) is 6.54 Å². The third-order valence-corrected chi connectivity index (χ3v) is 6.12. The zero-order chi connectivity index (χ0) is 24.1. The Labute approximate surface area is 194 Å². The van der Waals surface area contributed by atoms with Gasteiger partial charge in [-0.1, -0.05) is 6.92 Å². The van der Waals surface area contributed by atoms with Gasteiger partial charge < -0.3 is 19.7 Å². The van der Waals surface area contributed by atoms with Gasteiger partial charge >= 0.3 is 0 Å². The van der Waals surface area contributed by atoms with E-state index < -0.39 is 5.82 Å². The van der Waals surface area contributed by atoms with Crippen molar-refractivity contribution in [2.24, 2.45) is 5.92 Å². The van der Waals surface area contributed by atoms with Crippen LogP contribution in [0.4, 0.5) is 10.1 Å². The summed E-state index contributed by atoms with van der Waals surface area (Å²) in [5.74, 6) is -0.354. The molecule has 1 aliphatic rings. The second-order valence-corrected chi connectivity index (χ2v) is 8.71. The van der Waals surface area contributed by atoms with Crippen molar-refractivity contribution in [3.63, 3.8) is 0 Å². The fraction of sp³-hybridized carbons (Fsp3) is 0.440. The number of anilines is 1. The molecule has 1 aliphatic heterocycles. The molecule has 33 heavy (non-hydrogen) atoms. The maximum absolute atomic E-state index is 13.2. The van der Waals surface area contributed by atoms with Crippen molar-refractivity contribution in [2.75, 3.05) is 46.2 Å². The fourth-order valence-corrected chi connectivity index (χ4v) is 3.84. The lowest BCUT2D eigenvalue weighted by atomic mass is 10.0. The van der Waals surface area contributed by atoms with Gasteiger partial charge in [0, 0.05) is 50.6 Å². The molecule has 3 rings (SSSR count). The topological polar surface area (TPSA) is 71.1 Å². The minimum Gasteiger partial charge on any atom is -0.491 e. The molecule has 0 bridgehead atoms. The SMILES string of the molecule is CO[C@@H]1CN(C)C(=O)c2ccc(NC(=O)c3ccc(F)cc3)cc2OC[C@H](C)N(C)C[C@H]1C. The third-order valence-electron chi connectivity index (χ3n) is 6.12. The average molecular weight is 458 g/mol. The van der Waals surface area contributed by atoms with Gasteiger partial charge in [0.2, 0.25) is 0 Å². The van der Waals surface area contributed by atoms with E-state index in [-0.39, 0.29) is 29.9 Å². The lowest BCUT2D eigenvalue weighted by Crippen LogP contribution is -2.45. The summed E-state index contributed by atoms with van der Waals surface area (Å²) in [6.45, 7) is 5.80. The predicted molar refractivity (Wildman–Crippen MR) is 125 cm³/mol. The van der Waals surface area contributed by atoms with Crippen LogP contribution < -0.4 is 10.1 Å². The molecule has 0 fully saturated rings. The molecule has 0 aromatic heterocycles. The second-order valence-electron chi connectivity index (χ2n) is 8.71. The van der Waals surface area contributed by atoms with Gasteiger partial charge in [-0.3, -0.25) is 14.5 Å². The number of carbonyl (C=O) groups is 2. The first kappa shape index (κ1) is 24.7. The van der Waals surface area contributed by atoms with Crippen molar-refractivity contribution >= 4 is 17.5 Å². The molecule has 3 atom stereocenters. The smallest absolute Gasteiger partial charge is 0.257 e. The average Bonchev–Trinajstić information content (AvgIpc) is 2.80. The van der Waals surface area contributed by atoms with Gasteiger partial charge in [0.05, 0.1) is 11.7 Å². The Morgan fingerprint density at radius 1 is 1.12 bits per heavy atom. The van der Waals surface area contributed by atoms with Crippen LogP contribution in [0.3, 0.4) is 0 Å². The van der Waals surface area contributed by atoms with E-state index in [9.17, 15) is 14.0 Å². The summed E-state index contributed by atoms with van der Waals surface area (Å²) >= 11 is 0. The number of nitrogens with one attached hydrogen (secondary N) is 1. The Morgan fingerprint density at radius 2 is 1.82 bits per heavy atom. The number of ether oxygens (including phenoxy) is 2. The number of fused-ring (bicyclic) bond motifs is 1. The number of amides is 2. The summed E-state index contributed by atoms with van der Waals surface area (Å²) in [7, 11) is 5.45. The molecule has 0 radical (unpaired) electrons. The summed E-state index contributed by atoms with van der Waals surface area (Å²) < 4.78 is 24.9. The number of halogens is 1. The van der Waals surface area contributed by atoms with Crippen LogP contribution in [0.5, 0.6) is 5.75 Å². The van der Waals surface area contributed by atoms with Crippen molar-refractivity contribution in [3.05, 3.63) is 59.4 Å². The lowest BCUT2D eigenvalue weighted by molar-refractivity contribution is 0.0150. The van der Waals surface area contributed by atoms with E-state index in [2.05, 4.69) is 24.1 Å². The number of hydrogen-bond acceptors (Lipinski definition) is 5. The first-order chi connectivity index (χ1) is 15.7. The highest BCUT2D eigenvalue weighted by Gasteiger charge is 2.27. The largest absolute Gasteiger partial charge is 0.491 e. The van der Waals surface area contributed by atoms with Crippen molar-refractivity contribution in [1.82, 2.24) is 9.80 Å². The lowest BCUT2D eigenvalue weighted by Gasteiger charge is -2.34. The zero-order valence-corrected chi connectivity index (χ0v) is 19.8. The minimum atomic E-state index is -0.411. The Kier molecular flexibility index (Phi) is 8.05. The number of benzene rings is 2. The molecule has 0 saturated heterocycles. The van der Waals surface area contributed by atoms with Gasteiger partial charge in [0.1, 0.15) is 18.2 Å². The molecule has 0 saturated carbocycles. The van der Waals surface area contributed by atoms with E-state index in [1.807, 2.05) is 7.05 Å². The van der Waals surface area contributed by atoms with Gasteiger partial charge in [-0.05, 0) is 56.3 Å². The summed E-state index contributed by atoms with van der Waals surface area (Å²) in [6, 6.07) is 10.4. The van der Waals surface area contributed by atoms with E-state index in [0.29, 0.717) is 35.7 Å². The summed E-state index contributed by atoms with van der Waals surface area (Å²) in [6.07, 6.45) is -0.105. The predicted octanol–water partition coefficient (Wildman–Crippen LogP) is 3.51. The molecule has 1 heterocycles. The summed E-state index contributed by atoms with van der Waals surface area (Å²) in [4.78, 5) is 29.6. The Bertz CT molecular complexity index is 982. The molecule has 1 N–H and O–H groups in total. The first-order valence-electron chi connectivity index (χ1n) is 11.0. The Balaban J connectivity index is 1.89. The van der Waals surface area contributed by atoms with E-state index in [1.165, 1.54) is 24.3 Å². The van der Waals surface area contributed by atoms with Crippen LogP contribution in [0.2, 0.25) is 0 Å². The van der Waals surface area contributed by atoms with Gasteiger partial charge in [-0.2, -0.15) is 0 Å². The highest BCUT2D eigenvalue weighted by molar-refractivity contribution is 6.05. The van der Waals surface area contributed by atoms with Gasteiger partial charge in [-0.25, -0.2) is 4.39 Å². The highest BCUT2D eigenvalue weighted by atomic mass is 19.1. The van der Waals surface area contributed by atoms with Crippen LogP contribution in [-0.4, -0.2) is 74.7 Å². The van der Waals surface area contributed by atoms with Gasteiger partial charge in [-0.15, -0.1) is 0 Å². The molecule has 7 nitrogen and oxygen atoms in total. The summed E-state index contributed by atoms with van der Waals surface area (Å²) in [5.41, 5.74) is 1.22. The molecular weight excluding hydrogens is 425 g/mol. The molecule has 0 aliphatic carbocycles. The van der Waals surface area contributed by atoms with Gasteiger partial charge in [0.25, 0.3) is 11.8 Å². The number of likely N-dealkylation sites (N-methyl/N-ethyl adjacent to an activating group) is 2. The van der Waals surface area contributed by atoms with Crippen molar-refractivity contribution < 1.29 is 23.5 Å². The van der Waals surface area contributed by atoms with E-state index in [4.69, 9.17) is 9.47 Å². The number of hydrogen-bond donors (Lipinski definition) is 1. The molecule has 0 unspecified atom stereocenters. The first-order valence-corrected chi connectivity index (χ1v) is 11.0. The monoisotopic (exact) mass is 457 g/mol. The fourth-order valence-electron chi connectivity index (χ4n) is 3.84. The Hall–Kier alpha value is -2.97. The van der Waals surface area contributed by atoms with Crippen LogP contribution in [-0.2, 0) is 4.74 Å². The maximum atomic E-state index is 13.2. The van der Waals surface area contributed by atoms with Crippen LogP contribution in [0.1, 0.15) is 34.6 Å². The quantitative estimate of drug-likeness (QED) is 0.764. The molecule has 8 heteroatoms. The molecule has 178 valence electrons. The highest BCUT2D eigenvalue weighted by Crippen LogP contribution is 2.27. The maximum Gasteiger partial charge on any atom is 0.257 e. The Morgan fingerprint density at radius 3 is 2.48 bits per heavy atom. The summed E-state index contributed by atoms with van der Waals surface area (Å²) in [5, 5.41) is 2.79. The van der Waals surface area contributed by atoms with Crippen molar-refractivity contribution in [1.29, 1.82) is 0 Å².